The van der Waals surface area contributed by atoms with Gasteiger partial charge in [0.05, 0.1) is 9.48 Å². The Labute approximate surface area is 314 Å². The normalized spacial score (nSPS) is 15.0. The average molecular weight is 755 g/mol. The van der Waals surface area contributed by atoms with E-state index in [1.54, 1.807) is 12.1 Å². The van der Waals surface area contributed by atoms with Crippen molar-refractivity contribution >= 4 is 57.0 Å². The number of carboxylic acid groups (broad SMARTS) is 1. The monoisotopic (exact) mass is 754 g/mol. The number of thioether (sulfide) groups is 3. The lowest BCUT2D eigenvalue weighted by Gasteiger charge is -2.36. The second-order valence-corrected chi connectivity index (χ2v) is 17.9. The second-order valence-electron chi connectivity index (χ2n) is 12.5. The lowest BCUT2D eigenvalue weighted by atomic mass is 9.89. The Hall–Kier alpha value is -3.67. The zero-order chi connectivity index (χ0) is 35.5. The van der Waals surface area contributed by atoms with Gasteiger partial charge in [0.15, 0.2) is 4.87 Å². The fraction of sp³-hybridized carbons (Fsp3) is 0.244. The summed E-state index contributed by atoms with van der Waals surface area (Å²) in [5.74, 6) is 0.631. The number of nitrogens with one attached hydrogen (secondary N) is 1. The van der Waals surface area contributed by atoms with E-state index >= 15 is 0 Å². The minimum absolute atomic E-state index is 0.0382. The maximum Gasteiger partial charge on any atom is 0.337 e. The Morgan fingerprint density at radius 2 is 1.14 bits per heavy atom. The highest BCUT2D eigenvalue weighted by molar-refractivity contribution is 8.18. The molecule has 0 unspecified atom stereocenters. The number of hydrogen-bond donors (Lipinski definition) is 2. The predicted molar refractivity (Wildman–Crippen MR) is 215 cm³/mol. The van der Waals surface area contributed by atoms with Crippen LogP contribution in [0.15, 0.2) is 150 Å². The highest BCUT2D eigenvalue weighted by Gasteiger charge is 2.50. The molecular weight excluding hydrogens is 713 g/mol. The summed E-state index contributed by atoms with van der Waals surface area (Å²) in [6.07, 6.45) is 2.04. The molecule has 264 valence electrons. The molecular formula is C41H42N2O4S4. The summed E-state index contributed by atoms with van der Waals surface area (Å²) in [4.78, 5) is 14.1. The summed E-state index contributed by atoms with van der Waals surface area (Å²) in [6.45, 7) is 1.75. The zero-order valence-electron chi connectivity index (χ0n) is 28.2. The molecule has 10 heteroatoms. The van der Waals surface area contributed by atoms with Crippen molar-refractivity contribution in [1.82, 2.24) is 4.72 Å². The highest BCUT2D eigenvalue weighted by Crippen LogP contribution is 2.45. The van der Waals surface area contributed by atoms with E-state index < -0.39 is 25.4 Å². The van der Waals surface area contributed by atoms with Crippen molar-refractivity contribution in [3.8, 4) is 0 Å². The molecule has 1 heterocycles. The van der Waals surface area contributed by atoms with Gasteiger partial charge < -0.3 is 10.0 Å². The number of sulfonamides is 1. The molecule has 5 aromatic carbocycles. The van der Waals surface area contributed by atoms with E-state index in [0.29, 0.717) is 23.2 Å². The quantitative estimate of drug-likeness (QED) is 0.0965. The van der Waals surface area contributed by atoms with Gasteiger partial charge in [-0.2, -0.15) is 4.72 Å². The van der Waals surface area contributed by atoms with Crippen molar-refractivity contribution < 1.29 is 18.3 Å². The van der Waals surface area contributed by atoms with Crippen LogP contribution in [-0.4, -0.2) is 42.0 Å². The van der Waals surface area contributed by atoms with Gasteiger partial charge in [-0.05, 0) is 65.3 Å². The number of hydrogen-bond acceptors (Lipinski definition) is 7. The molecule has 0 saturated carbocycles. The van der Waals surface area contributed by atoms with Crippen molar-refractivity contribution in [2.75, 3.05) is 18.0 Å². The fourth-order valence-corrected chi connectivity index (χ4v) is 12.4. The third-order valence-electron chi connectivity index (χ3n) is 9.01. The van der Waals surface area contributed by atoms with Gasteiger partial charge in [0.1, 0.15) is 0 Å². The average Bonchev–Trinajstić information content (AvgIpc) is 3.18. The van der Waals surface area contributed by atoms with Crippen LogP contribution in [-0.2, 0) is 32.1 Å². The standard InChI is InChI=1S/C41H42N2O4S4/c44-39(45)41(50-31-34-17-9-3-10-18-34,40(48-29-32-13-5-1-6-14-32)49-30-33-15-7-2-8-16-33)42-51(46,47)38-23-21-37(22-24-38)43-27-25-36(26-28-43)35-19-11-4-12-20-35/h1-24,36,40,42H,25-31H2,(H,44,45)/t41-/m1/s1. The van der Waals surface area contributed by atoms with Crippen molar-refractivity contribution in [2.24, 2.45) is 0 Å². The summed E-state index contributed by atoms with van der Waals surface area (Å²) in [7, 11) is -4.27. The van der Waals surface area contributed by atoms with Crippen LogP contribution in [0.25, 0.3) is 0 Å². The van der Waals surface area contributed by atoms with Gasteiger partial charge in [-0.1, -0.05) is 121 Å². The molecule has 6 rings (SSSR count). The van der Waals surface area contributed by atoms with Crippen molar-refractivity contribution in [3.05, 3.63) is 168 Å². The Morgan fingerprint density at radius 1 is 0.686 bits per heavy atom. The van der Waals surface area contributed by atoms with Crippen LogP contribution in [0.3, 0.4) is 0 Å². The van der Waals surface area contributed by atoms with Crippen LogP contribution in [0.4, 0.5) is 5.69 Å². The molecule has 1 atom stereocenters. The summed E-state index contributed by atoms with van der Waals surface area (Å²) in [5, 5.41) is 11.1. The molecule has 0 aliphatic carbocycles. The van der Waals surface area contributed by atoms with Gasteiger partial charge in [0, 0.05) is 36.0 Å². The van der Waals surface area contributed by atoms with E-state index in [9.17, 15) is 18.3 Å². The van der Waals surface area contributed by atoms with Crippen LogP contribution >= 0.6 is 35.3 Å². The fourth-order valence-electron chi connectivity index (χ4n) is 6.19. The van der Waals surface area contributed by atoms with Gasteiger partial charge in [0.2, 0.25) is 10.0 Å². The van der Waals surface area contributed by atoms with Gasteiger partial charge in [-0.25, -0.2) is 13.2 Å². The maximum absolute atomic E-state index is 14.3. The zero-order valence-corrected chi connectivity index (χ0v) is 31.5. The number of carboxylic acids is 1. The summed E-state index contributed by atoms with van der Waals surface area (Å²) in [6, 6.07) is 46.7. The van der Waals surface area contributed by atoms with Gasteiger partial charge in [-0.3, -0.25) is 0 Å². The second kappa shape index (κ2) is 17.7. The summed E-state index contributed by atoms with van der Waals surface area (Å²) < 4.78 is 30.6. The molecule has 2 N–H and O–H groups in total. The third kappa shape index (κ3) is 9.81. The van der Waals surface area contributed by atoms with E-state index in [4.69, 9.17) is 0 Å². The van der Waals surface area contributed by atoms with Crippen molar-refractivity contribution in [3.63, 3.8) is 0 Å². The largest absolute Gasteiger partial charge is 0.479 e. The van der Waals surface area contributed by atoms with Crippen molar-refractivity contribution in [1.29, 1.82) is 0 Å². The molecule has 6 nitrogen and oxygen atoms in total. The van der Waals surface area contributed by atoms with Crippen LogP contribution in [0.5, 0.6) is 0 Å². The maximum atomic E-state index is 14.3. The van der Waals surface area contributed by atoms with Gasteiger partial charge in [0.25, 0.3) is 0 Å². The number of nitrogens with zero attached hydrogens (tertiary/aromatic N) is 1. The molecule has 1 saturated heterocycles. The first kappa shape index (κ1) is 37.1. The minimum Gasteiger partial charge on any atom is -0.479 e. The van der Waals surface area contributed by atoms with Crippen LogP contribution < -0.4 is 9.62 Å². The Kier molecular flexibility index (Phi) is 12.9. The first-order valence-electron chi connectivity index (χ1n) is 17.0. The minimum atomic E-state index is -4.27. The molecule has 5 aromatic rings. The molecule has 1 fully saturated rings. The van der Waals surface area contributed by atoms with Gasteiger partial charge in [-0.15, -0.1) is 35.3 Å². The smallest absolute Gasteiger partial charge is 0.337 e. The van der Waals surface area contributed by atoms with Crippen LogP contribution in [0.2, 0.25) is 0 Å². The molecule has 0 radical (unpaired) electrons. The van der Waals surface area contributed by atoms with E-state index in [0.717, 1.165) is 60.1 Å². The Bertz CT molecular complexity index is 1880. The number of piperidine rings is 1. The Morgan fingerprint density at radius 3 is 1.61 bits per heavy atom. The number of benzene rings is 5. The SMILES string of the molecule is O=C(O)[C@@](NS(=O)(=O)c1ccc(N2CCC(c3ccccc3)CC2)cc1)(SCc1ccccc1)C(SCc1ccccc1)SCc1ccccc1. The van der Waals surface area contributed by atoms with E-state index in [1.165, 1.54) is 29.1 Å². The van der Waals surface area contributed by atoms with E-state index in [2.05, 4.69) is 33.9 Å². The van der Waals surface area contributed by atoms with Crippen LogP contribution in [0, 0.1) is 0 Å². The lowest BCUT2D eigenvalue weighted by Crippen LogP contribution is -2.57. The molecule has 0 amide bonds. The number of anilines is 1. The lowest BCUT2D eigenvalue weighted by molar-refractivity contribution is -0.139. The summed E-state index contributed by atoms with van der Waals surface area (Å²) >= 11 is 4.01. The highest BCUT2D eigenvalue weighted by atomic mass is 32.2. The number of carbonyl (C=O) groups is 1. The van der Waals surface area contributed by atoms with Crippen LogP contribution in [0.1, 0.15) is 41.0 Å². The van der Waals surface area contributed by atoms with Crippen molar-refractivity contribution in [2.45, 2.75) is 50.4 Å². The molecule has 0 bridgehead atoms. The molecule has 51 heavy (non-hydrogen) atoms. The molecule has 0 spiro atoms. The predicted octanol–water partition coefficient (Wildman–Crippen LogP) is 9.26. The third-order valence-corrected chi connectivity index (χ3v) is 15.5. The summed E-state index contributed by atoms with van der Waals surface area (Å²) in [5.41, 5.74) is 5.29. The number of aliphatic carboxylic acids is 1. The molecule has 1 aliphatic heterocycles. The molecule has 1 aliphatic rings. The Balaban J connectivity index is 1.27. The van der Waals surface area contributed by atoms with E-state index in [1.807, 2.05) is 109 Å². The first-order chi connectivity index (χ1) is 24.8. The topological polar surface area (TPSA) is 86.7 Å². The molecule has 0 aromatic heterocycles. The first-order valence-corrected chi connectivity index (χ1v) is 21.6. The number of rotatable bonds is 16. The van der Waals surface area contributed by atoms with E-state index in [-0.39, 0.29) is 4.90 Å². The van der Waals surface area contributed by atoms with Gasteiger partial charge >= 0.3 is 5.97 Å².